The number of carbonyl (C=O) groups excluding carboxylic acids is 1. The Morgan fingerprint density at radius 3 is 2.61 bits per heavy atom. The van der Waals surface area contributed by atoms with Gasteiger partial charge in [-0.05, 0) is 24.6 Å². The molecule has 2 heterocycles. The number of para-hydroxylation sites is 2. The molecule has 160 valence electrons. The smallest absolute Gasteiger partial charge is 0.325 e. The number of aromatic nitrogens is 4. The Balaban J connectivity index is 1.54. The van der Waals surface area contributed by atoms with E-state index in [2.05, 4.69) is 32.0 Å². The van der Waals surface area contributed by atoms with Crippen LogP contribution in [0.5, 0.6) is 0 Å². The summed E-state index contributed by atoms with van der Waals surface area (Å²) >= 11 is 1.02. The standard InChI is InChI=1S/C21H18F3N5OS/c1-2-11-29-16-10-6-3-7-13(16)18-19(29)26-20(28-27-18)31-12-17(30)25-15-9-5-4-8-14(15)21(22,23)24/h3-10H,2,11-12H2,1H3,(H,25,30). The van der Waals surface area contributed by atoms with E-state index < -0.39 is 17.6 Å². The number of halogens is 3. The molecular formula is C21H18F3N5OS. The number of benzene rings is 2. The number of hydrogen-bond acceptors (Lipinski definition) is 5. The summed E-state index contributed by atoms with van der Waals surface area (Å²) in [5.74, 6) is -0.729. The van der Waals surface area contributed by atoms with E-state index in [4.69, 9.17) is 0 Å². The van der Waals surface area contributed by atoms with Crippen LogP contribution in [0.2, 0.25) is 0 Å². The fourth-order valence-electron chi connectivity index (χ4n) is 3.36. The van der Waals surface area contributed by atoms with Gasteiger partial charge in [-0.1, -0.05) is 49.0 Å². The van der Waals surface area contributed by atoms with Crippen molar-refractivity contribution in [3.8, 4) is 0 Å². The van der Waals surface area contributed by atoms with Crippen LogP contribution in [0.3, 0.4) is 0 Å². The lowest BCUT2D eigenvalue weighted by Crippen LogP contribution is -2.18. The zero-order chi connectivity index (χ0) is 22.0. The predicted molar refractivity (Wildman–Crippen MR) is 114 cm³/mol. The number of hydrogen-bond donors (Lipinski definition) is 1. The summed E-state index contributed by atoms with van der Waals surface area (Å²) in [5.41, 5.74) is 1.18. The summed E-state index contributed by atoms with van der Waals surface area (Å²) in [5, 5.41) is 11.9. The van der Waals surface area contributed by atoms with Crippen LogP contribution >= 0.6 is 11.8 Å². The second-order valence-electron chi connectivity index (χ2n) is 6.82. The van der Waals surface area contributed by atoms with Gasteiger partial charge in [0.2, 0.25) is 11.1 Å². The highest BCUT2D eigenvalue weighted by molar-refractivity contribution is 7.99. The average molecular weight is 445 g/mol. The molecule has 0 aliphatic heterocycles. The Labute approximate surface area is 179 Å². The fraction of sp³-hybridized carbons (Fsp3) is 0.238. The first-order chi connectivity index (χ1) is 14.9. The van der Waals surface area contributed by atoms with Gasteiger partial charge in [0, 0.05) is 11.9 Å². The van der Waals surface area contributed by atoms with Crippen LogP contribution in [0.25, 0.3) is 22.1 Å². The lowest BCUT2D eigenvalue weighted by atomic mass is 10.1. The molecule has 4 aromatic rings. The van der Waals surface area contributed by atoms with Gasteiger partial charge in [-0.2, -0.15) is 13.2 Å². The molecule has 1 amide bonds. The summed E-state index contributed by atoms with van der Waals surface area (Å²) in [6.07, 6.45) is -3.65. The van der Waals surface area contributed by atoms with Crippen LogP contribution < -0.4 is 5.32 Å². The molecule has 1 N–H and O–H groups in total. The second kappa shape index (κ2) is 8.54. The number of nitrogens with one attached hydrogen (secondary N) is 1. The highest BCUT2D eigenvalue weighted by Gasteiger charge is 2.33. The summed E-state index contributed by atoms with van der Waals surface area (Å²) in [4.78, 5) is 16.8. The van der Waals surface area contributed by atoms with Gasteiger partial charge in [-0.15, -0.1) is 10.2 Å². The molecule has 4 rings (SSSR count). The van der Waals surface area contributed by atoms with Gasteiger partial charge in [-0.3, -0.25) is 4.79 Å². The van der Waals surface area contributed by atoms with Gasteiger partial charge in [0.1, 0.15) is 5.52 Å². The third kappa shape index (κ3) is 4.34. The van der Waals surface area contributed by atoms with E-state index in [-0.39, 0.29) is 16.6 Å². The van der Waals surface area contributed by atoms with Crippen molar-refractivity contribution in [3.05, 3.63) is 54.1 Å². The number of amides is 1. The number of thioether (sulfide) groups is 1. The van der Waals surface area contributed by atoms with Crippen LogP contribution in [-0.2, 0) is 17.5 Å². The lowest BCUT2D eigenvalue weighted by molar-refractivity contribution is -0.137. The number of anilines is 1. The topological polar surface area (TPSA) is 72.7 Å². The van der Waals surface area contributed by atoms with Crippen molar-refractivity contribution in [2.75, 3.05) is 11.1 Å². The molecule has 0 saturated heterocycles. The molecule has 0 saturated carbocycles. The number of carbonyl (C=O) groups is 1. The number of rotatable bonds is 6. The van der Waals surface area contributed by atoms with E-state index in [0.29, 0.717) is 11.2 Å². The van der Waals surface area contributed by atoms with Gasteiger partial charge in [0.25, 0.3) is 0 Å². The van der Waals surface area contributed by atoms with Gasteiger partial charge in [0.15, 0.2) is 5.65 Å². The van der Waals surface area contributed by atoms with Crippen molar-refractivity contribution in [1.82, 2.24) is 19.7 Å². The van der Waals surface area contributed by atoms with E-state index in [0.717, 1.165) is 41.7 Å². The first kappa shape index (κ1) is 21.1. The summed E-state index contributed by atoms with van der Waals surface area (Å²) in [6.45, 7) is 2.82. The molecule has 0 aliphatic rings. The molecule has 6 nitrogen and oxygen atoms in total. The molecule has 0 aliphatic carbocycles. The third-order valence-corrected chi connectivity index (χ3v) is 5.48. The van der Waals surface area contributed by atoms with Crippen LogP contribution in [0, 0.1) is 0 Å². The highest BCUT2D eigenvalue weighted by Crippen LogP contribution is 2.34. The molecule has 0 unspecified atom stereocenters. The number of fused-ring (bicyclic) bond motifs is 3. The minimum atomic E-state index is -4.55. The van der Waals surface area contributed by atoms with Gasteiger partial charge in [0.05, 0.1) is 22.5 Å². The van der Waals surface area contributed by atoms with E-state index >= 15 is 0 Å². The maximum atomic E-state index is 13.1. The monoisotopic (exact) mass is 445 g/mol. The minimum Gasteiger partial charge on any atom is -0.325 e. The Hall–Kier alpha value is -3.14. The molecular weight excluding hydrogens is 427 g/mol. The van der Waals surface area contributed by atoms with Gasteiger partial charge < -0.3 is 9.88 Å². The van der Waals surface area contributed by atoms with E-state index in [9.17, 15) is 18.0 Å². The highest BCUT2D eigenvalue weighted by atomic mass is 32.2. The van der Waals surface area contributed by atoms with E-state index in [1.165, 1.54) is 18.2 Å². The second-order valence-corrected chi connectivity index (χ2v) is 7.76. The normalized spacial score (nSPS) is 11.9. The fourth-order valence-corrected chi connectivity index (χ4v) is 3.94. The molecule has 0 fully saturated rings. The predicted octanol–water partition coefficient (Wildman–Crippen LogP) is 5.14. The summed E-state index contributed by atoms with van der Waals surface area (Å²) in [6, 6.07) is 12.7. The van der Waals surface area contributed by atoms with Crippen LogP contribution in [0.4, 0.5) is 18.9 Å². The van der Waals surface area contributed by atoms with Crippen LogP contribution in [0.15, 0.2) is 53.7 Å². The maximum Gasteiger partial charge on any atom is 0.418 e. The quantitative estimate of drug-likeness (QED) is 0.416. The SMILES string of the molecule is CCCn1c2ccccc2c2nnc(SCC(=O)Nc3ccccc3C(F)(F)F)nc21. The number of aryl methyl sites for hydroxylation is 1. The Bertz CT molecular complexity index is 1250. The number of alkyl halides is 3. The third-order valence-electron chi connectivity index (χ3n) is 4.64. The van der Waals surface area contributed by atoms with Crippen molar-refractivity contribution in [2.45, 2.75) is 31.2 Å². The Morgan fingerprint density at radius 2 is 1.84 bits per heavy atom. The molecule has 0 atom stereocenters. The molecule has 0 bridgehead atoms. The zero-order valence-electron chi connectivity index (χ0n) is 16.5. The molecule has 2 aromatic carbocycles. The van der Waals surface area contributed by atoms with Gasteiger partial charge >= 0.3 is 6.18 Å². The van der Waals surface area contributed by atoms with Gasteiger partial charge in [-0.25, -0.2) is 4.98 Å². The molecule has 0 radical (unpaired) electrons. The van der Waals surface area contributed by atoms with Crippen LogP contribution in [0.1, 0.15) is 18.9 Å². The molecule has 10 heteroatoms. The zero-order valence-corrected chi connectivity index (χ0v) is 17.3. The Kier molecular flexibility index (Phi) is 5.81. The van der Waals surface area contributed by atoms with Crippen molar-refractivity contribution < 1.29 is 18.0 Å². The Morgan fingerprint density at radius 1 is 1.10 bits per heavy atom. The molecule has 2 aromatic heterocycles. The summed E-state index contributed by atoms with van der Waals surface area (Å²) < 4.78 is 41.4. The summed E-state index contributed by atoms with van der Waals surface area (Å²) in [7, 11) is 0. The number of nitrogens with zero attached hydrogens (tertiary/aromatic N) is 4. The first-order valence-electron chi connectivity index (χ1n) is 9.59. The van der Waals surface area contributed by atoms with Crippen molar-refractivity contribution in [1.29, 1.82) is 0 Å². The lowest BCUT2D eigenvalue weighted by Gasteiger charge is -2.13. The molecule has 31 heavy (non-hydrogen) atoms. The van der Waals surface area contributed by atoms with E-state index in [1.54, 1.807) is 0 Å². The van der Waals surface area contributed by atoms with Crippen molar-refractivity contribution >= 4 is 45.4 Å². The largest absolute Gasteiger partial charge is 0.418 e. The maximum absolute atomic E-state index is 13.1. The van der Waals surface area contributed by atoms with E-state index in [1.807, 2.05) is 24.3 Å². The first-order valence-corrected chi connectivity index (χ1v) is 10.6. The van der Waals surface area contributed by atoms with Crippen LogP contribution in [-0.4, -0.2) is 31.4 Å². The van der Waals surface area contributed by atoms with Crippen molar-refractivity contribution in [3.63, 3.8) is 0 Å². The van der Waals surface area contributed by atoms with Crippen molar-refractivity contribution in [2.24, 2.45) is 0 Å². The minimum absolute atomic E-state index is 0.145. The average Bonchev–Trinajstić information content (AvgIpc) is 3.05. The molecule has 0 spiro atoms.